The molecule has 2 N–H and O–H groups in total. The van der Waals surface area contributed by atoms with Crippen LogP contribution in [0.25, 0.3) is 22.3 Å². The van der Waals surface area contributed by atoms with Crippen LogP contribution in [0.3, 0.4) is 0 Å². The van der Waals surface area contributed by atoms with Crippen LogP contribution in [0.4, 0.5) is 13.2 Å². The van der Waals surface area contributed by atoms with Gasteiger partial charge in [0.05, 0.1) is 11.2 Å². The number of ether oxygens (including phenoxy) is 1. The molecule has 12 heteroatoms. The fourth-order valence-corrected chi connectivity index (χ4v) is 4.20. The summed E-state index contributed by atoms with van der Waals surface area (Å²) in [6.45, 7) is 3.65. The van der Waals surface area contributed by atoms with Crippen molar-refractivity contribution < 1.29 is 31.1 Å². The quantitative estimate of drug-likeness (QED) is 0.551. The van der Waals surface area contributed by atoms with Gasteiger partial charge in [0.15, 0.2) is 0 Å². The van der Waals surface area contributed by atoms with Crippen LogP contribution < -0.4 is 4.72 Å². The largest absolute Gasteiger partial charge is 0.490 e. The molecule has 0 aliphatic heterocycles. The van der Waals surface area contributed by atoms with Gasteiger partial charge in [-0.25, -0.2) is 22.9 Å². The second-order valence-corrected chi connectivity index (χ2v) is 9.20. The van der Waals surface area contributed by atoms with E-state index in [4.69, 9.17) is 0 Å². The highest BCUT2D eigenvalue weighted by molar-refractivity contribution is 7.89. The SMILES string of the molecule is Cc1cc2c(-c3ccc(S(=O)(=O)NC(C)(C)COC(=O)C(F)(F)F)cn3)ccnc2[nH]1. The molecule has 8 nitrogen and oxygen atoms in total. The van der Waals surface area contributed by atoms with Crippen LogP contribution in [0.5, 0.6) is 0 Å². The predicted molar refractivity (Wildman–Crippen MR) is 105 cm³/mol. The van der Waals surface area contributed by atoms with Crippen LogP contribution in [-0.2, 0) is 19.6 Å². The fourth-order valence-electron chi connectivity index (χ4n) is 2.86. The highest BCUT2D eigenvalue weighted by atomic mass is 32.2. The molecule has 0 aliphatic rings. The molecule has 0 amide bonds. The van der Waals surface area contributed by atoms with E-state index in [-0.39, 0.29) is 4.90 Å². The molecular weight excluding hydrogens is 437 g/mol. The van der Waals surface area contributed by atoms with E-state index in [1.54, 1.807) is 12.3 Å². The molecule has 0 aliphatic carbocycles. The Hall–Kier alpha value is -2.99. The molecule has 0 spiro atoms. The number of nitrogens with one attached hydrogen (secondary N) is 2. The second-order valence-electron chi connectivity index (χ2n) is 7.52. The van der Waals surface area contributed by atoms with Gasteiger partial charge in [0.25, 0.3) is 0 Å². The van der Waals surface area contributed by atoms with Crippen molar-refractivity contribution in [3.8, 4) is 11.3 Å². The number of hydrogen-bond donors (Lipinski definition) is 2. The van der Waals surface area contributed by atoms with Gasteiger partial charge in [-0.15, -0.1) is 0 Å². The van der Waals surface area contributed by atoms with Gasteiger partial charge < -0.3 is 9.72 Å². The van der Waals surface area contributed by atoms with Crippen molar-refractivity contribution in [3.05, 3.63) is 42.4 Å². The Morgan fingerprint density at radius 2 is 1.90 bits per heavy atom. The standard InChI is InChI=1S/C19H19F3N4O4S/c1-11-8-14-13(6-7-23-16(14)25-11)15-5-4-12(9-24-15)31(28,29)26-18(2,3)10-30-17(27)19(20,21)22/h4-9,26H,10H2,1-3H3,(H,23,25). The minimum atomic E-state index is -5.16. The molecule has 3 heterocycles. The van der Waals surface area contributed by atoms with E-state index in [0.29, 0.717) is 11.3 Å². The van der Waals surface area contributed by atoms with Crippen LogP contribution >= 0.6 is 0 Å². The number of pyridine rings is 2. The van der Waals surface area contributed by atoms with Crippen molar-refractivity contribution in [3.63, 3.8) is 0 Å². The van der Waals surface area contributed by atoms with E-state index in [1.165, 1.54) is 26.0 Å². The highest BCUT2D eigenvalue weighted by Crippen LogP contribution is 2.27. The summed E-state index contributed by atoms with van der Waals surface area (Å²) < 4.78 is 68.5. The molecule has 0 saturated carbocycles. The molecule has 3 rings (SSSR count). The minimum Gasteiger partial charge on any atom is -0.457 e. The van der Waals surface area contributed by atoms with Crippen molar-refractivity contribution in [2.75, 3.05) is 6.61 Å². The number of aromatic amines is 1. The molecule has 31 heavy (non-hydrogen) atoms. The molecule has 0 bridgehead atoms. The topological polar surface area (TPSA) is 114 Å². The normalized spacial score (nSPS) is 12.8. The average molecular weight is 456 g/mol. The van der Waals surface area contributed by atoms with Gasteiger partial charge in [0, 0.05) is 29.0 Å². The predicted octanol–water partition coefficient (Wildman–Crippen LogP) is 3.10. The third kappa shape index (κ3) is 5.20. The van der Waals surface area contributed by atoms with Crippen LogP contribution in [0.1, 0.15) is 19.5 Å². The van der Waals surface area contributed by atoms with Gasteiger partial charge in [0.2, 0.25) is 10.0 Å². The van der Waals surface area contributed by atoms with E-state index in [9.17, 15) is 26.4 Å². The Bertz CT molecular complexity index is 1220. The molecule has 0 saturated heterocycles. The Balaban J connectivity index is 1.78. The first-order valence-corrected chi connectivity index (χ1v) is 10.5. The van der Waals surface area contributed by atoms with Crippen molar-refractivity contribution in [1.82, 2.24) is 19.7 Å². The molecule has 3 aromatic rings. The smallest absolute Gasteiger partial charge is 0.457 e. The van der Waals surface area contributed by atoms with E-state index in [1.807, 2.05) is 13.0 Å². The fraction of sp³-hybridized carbons (Fsp3) is 0.316. The first kappa shape index (κ1) is 22.7. The second kappa shape index (κ2) is 7.93. The van der Waals surface area contributed by atoms with Gasteiger partial charge in [-0.3, -0.25) is 4.98 Å². The summed E-state index contributed by atoms with van der Waals surface area (Å²) in [6.07, 6.45) is -2.42. The summed E-state index contributed by atoms with van der Waals surface area (Å²) in [6, 6.07) is 6.50. The molecule has 3 aromatic heterocycles. The lowest BCUT2D eigenvalue weighted by atomic mass is 10.1. The Kier molecular flexibility index (Phi) is 5.80. The number of carbonyl (C=O) groups is 1. The number of aromatic nitrogens is 3. The first-order chi connectivity index (χ1) is 14.3. The maximum absolute atomic E-state index is 12.6. The maximum atomic E-state index is 12.6. The monoisotopic (exact) mass is 456 g/mol. The number of H-pyrrole nitrogens is 1. The highest BCUT2D eigenvalue weighted by Gasteiger charge is 2.42. The summed E-state index contributed by atoms with van der Waals surface area (Å²) in [7, 11) is -4.14. The van der Waals surface area contributed by atoms with Crippen molar-refractivity contribution in [2.45, 2.75) is 37.4 Å². The number of esters is 1. The van der Waals surface area contributed by atoms with Gasteiger partial charge >= 0.3 is 12.1 Å². The van der Waals surface area contributed by atoms with Gasteiger partial charge in [-0.2, -0.15) is 13.2 Å². The van der Waals surface area contributed by atoms with Gasteiger partial charge in [0.1, 0.15) is 17.1 Å². The third-order valence-electron chi connectivity index (χ3n) is 4.20. The van der Waals surface area contributed by atoms with Crippen molar-refractivity contribution in [2.24, 2.45) is 0 Å². The van der Waals surface area contributed by atoms with Crippen LogP contribution in [0.2, 0.25) is 0 Å². The minimum absolute atomic E-state index is 0.193. The number of carbonyl (C=O) groups excluding carboxylic acids is 1. The van der Waals surface area contributed by atoms with E-state index in [0.717, 1.165) is 22.8 Å². The molecule has 166 valence electrons. The van der Waals surface area contributed by atoms with Crippen LogP contribution in [0, 0.1) is 6.92 Å². The number of alkyl halides is 3. The zero-order valence-electron chi connectivity index (χ0n) is 16.7. The molecule has 0 radical (unpaired) electrons. The maximum Gasteiger partial charge on any atom is 0.490 e. The summed E-state index contributed by atoms with van der Waals surface area (Å²) in [5.74, 6) is -2.39. The van der Waals surface area contributed by atoms with Crippen LogP contribution in [0.15, 0.2) is 41.6 Å². The molecule has 0 atom stereocenters. The van der Waals surface area contributed by atoms with Crippen LogP contribution in [-0.4, -0.2) is 47.7 Å². The number of halogens is 3. The molecule has 0 unspecified atom stereocenters. The summed E-state index contributed by atoms with van der Waals surface area (Å²) in [5, 5.41) is 0.828. The summed E-state index contributed by atoms with van der Waals surface area (Å²) in [4.78, 5) is 22.2. The van der Waals surface area contributed by atoms with Crippen molar-refractivity contribution in [1.29, 1.82) is 0 Å². The number of rotatable bonds is 6. The van der Waals surface area contributed by atoms with Crippen molar-refractivity contribution >= 4 is 27.0 Å². The molecular formula is C19H19F3N4O4S. The summed E-state index contributed by atoms with van der Waals surface area (Å²) in [5.41, 5.74) is 1.37. The Morgan fingerprint density at radius 1 is 1.19 bits per heavy atom. The van der Waals surface area contributed by atoms with E-state index in [2.05, 4.69) is 24.4 Å². The molecule has 0 aromatic carbocycles. The summed E-state index contributed by atoms with van der Waals surface area (Å²) >= 11 is 0. The van der Waals surface area contributed by atoms with Gasteiger partial charge in [-0.1, -0.05) is 0 Å². The first-order valence-electron chi connectivity index (χ1n) is 8.97. The number of fused-ring (bicyclic) bond motifs is 1. The average Bonchev–Trinajstić information content (AvgIpc) is 3.05. The lowest BCUT2D eigenvalue weighted by Crippen LogP contribution is -2.48. The molecule has 0 fully saturated rings. The number of aryl methyl sites for hydroxylation is 1. The lowest BCUT2D eigenvalue weighted by molar-refractivity contribution is -0.201. The van der Waals surface area contributed by atoms with E-state index < -0.39 is 34.3 Å². The number of nitrogens with zero attached hydrogens (tertiary/aromatic N) is 2. The Morgan fingerprint density at radius 3 is 2.52 bits per heavy atom. The number of sulfonamides is 1. The third-order valence-corrected chi connectivity index (χ3v) is 5.88. The zero-order chi connectivity index (χ0) is 23.0. The number of hydrogen-bond acceptors (Lipinski definition) is 6. The van der Waals surface area contributed by atoms with E-state index >= 15 is 0 Å². The Labute approximate surface area is 175 Å². The zero-order valence-corrected chi connectivity index (χ0v) is 17.6. The lowest BCUT2D eigenvalue weighted by Gasteiger charge is -2.25. The van der Waals surface area contributed by atoms with Gasteiger partial charge in [-0.05, 0) is 45.0 Å².